The lowest BCUT2D eigenvalue weighted by atomic mass is 9.74. The summed E-state index contributed by atoms with van der Waals surface area (Å²) in [5, 5.41) is 12.5. The quantitative estimate of drug-likeness (QED) is 0.689. The minimum Gasteiger partial charge on any atom is -0.481 e. The van der Waals surface area contributed by atoms with Gasteiger partial charge in [0.15, 0.2) is 0 Å². The number of rotatable bonds is 7. The number of aliphatic carboxylic acids is 1. The van der Waals surface area contributed by atoms with E-state index in [4.69, 9.17) is 4.74 Å². The summed E-state index contributed by atoms with van der Waals surface area (Å²) in [7, 11) is 0. The van der Waals surface area contributed by atoms with Crippen molar-refractivity contribution in [3.63, 3.8) is 0 Å². The van der Waals surface area contributed by atoms with Crippen molar-refractivity contribution in [2.75, 3.05) is 32.8 Å². The summed E-state index contributed by atoms with van der Waals surface area (Å²) < 4.78 is 5.22. The molecule has 1 heterocycles. The largest absolute Gasteiger partial charge is 0.481 e. The Morgan fingerprint density at radius 1 is 1.19 bits per heavy atom. The van der Waals surface area contributed by atoms with Crippen LogP contribution in [-0.4, -0.2) is 60.3 Å². The zero-order valence-electron chi connectivity index (χ0n) is 13.6. The van der Waals surface area contributed by atoms with Gasteiger partial charge in [-0.15, -0.1) is 0 Å². The zero-order valence-corrected chi connectivity index (χ0v) is 13.6. The van der Waals surface area contributed by atoms with Crippen molar-refractivity contribution in [3.8, 4) is 0 Å². The predicted octanol–water partition coefficient (Wildman–Crippen LogP) is 1.10. The molecule has 0 aromatic carbocycles. The molecule has 1 aliphatic rings. The van der Waals surface area contributed by atoms with Crippen LogP contribution in [0.15, 0.2) is 0 Å². The molecule has 1 fully saturated rings. The van der Waals surface area contributed by atoms with E-state index in [0.717, 1.165) is 0 Å². The summed E-state index contributed by atoms with van der Waals surface area (Å²) >= 11 is 0. The molecule has 1 rings (SSSR count). The molecule has 0 bridgehead atoms. The van der Waals surface area contributed by atoms with Crippen molar-refractivity contribution in [2.24, 2.45) is 5.41 Å². The number of hydrogen-bond acceptors (Lipinski definition) is 4. The number of nitrogens with one attached hydrogen (secondary N) is 1. The molecule has 6 nitrogen and oxygen atoms in total. The van der Waals surface area contributed by atoms with E-state index in [0.29, 0.717) is 45.7 Å². The van der Waals surface area contributed by atoms with Crippen LogP contribution in [0.3, 0.4) is 0 Å². The van der Waals surface area contributed by atoms with Gasteiger partial charge in [-0.2, -0.15) is 0 Å². The summed E-state index contributed by atoms with van der Waals surface area (Å²) in [5.41, 5.74) is -1.41. The van der Waals surface area contributed by atoms with E-state index in [1.54, 1.807) is 13.8 Å². The molecule has 6 heteroatoms. The Bertz CT molecular complexity index is 374. The number of ether oxygens (including phenoxy) is 1. The van der Waals surface area contributed by atoms with Gasteiger partial charge >= 0.3 is 5.97 Å². The average Bonchev–Trinajstić information content (AvgIpc) is 2.44. The second kappa shape index (κ2) is 7.22. The maximum atomic E-state index is 12.0. The molecular formula is C15H28N2O4. The number of morpholine rings is 1. The van der Waals surface area contributed by atoms with Gasteiger partial charge in [-0.25, -0.2) is 0 Å². The lowest BCUT2D eigenvalue weighted by Gasteiger charge is -2.39. The fraction of sp³-hybridized carbons (Fsp3) is 0.867. The maximum Gasteiger partial charge on any atom is 0.310 e. The number of carboxylic acid groups (broad SMARTS) is 1. The first-order valence-corrected chi connectivity index (χ1v) is 7.52. The topological polar surface area (TPSA) is 78.9 Å². The molecule has 1 saturated heterocycles. The zero-order chi connectivity index (χ0) is 16.1. The van der Waals surface area contributed by atoms with Crippen molar-refractivity contribution in [1.82, 2.24) is 10.2 Å². The number of carbonyl (C=O) groups excluding carboxylic acids is 1. The van der Waals surface area contributed by atoms with Gasteiger partial charge in [-0.05, 0) is 40.7 Å². The number of carboxylic acids is 1. The van der Waals surface area contributed by atoms with Crippen molar-refractivity contribution in [3.05, 3.63) is 0 Å². The fourth-order valence-corrected chi connectivity index (χ4v) is 2.10. The second-order valence-corrected chi connectivity index (χ2v) is 6.58. The Labute approximate surface area is 126 Å². The average molecular weight is 300 g/mol. The summed E-state index contributed by atoms with van der Waals surface area (Å²) in [6.07, 6.45) is 1.19. The number of amides is 1. The molecule has 1 aliphatic heterocycles. The van der Waals surface area contributed by atoms with Crippen LogP contribution in [-0.2, 0) is 14.3 Å². The molecule has 0 radical (unpaired) electrons. The third-order valence-corrected chi connectivity index (χ3v) is 4.60. The Hall–Kier alpha value is -1.14. The first-order valence-electron chi connectivity index (χ1n) is 7.52. The van der Waals surface area contributed by atoms with Gasteiger partial charge < -0.3 is 20.1 Å². The van der Waals surface area contributed by atoms with Gasteiger partial charge in [0, 0.05) is 25.0 Å². The molecule has 1 amide bonds. The summed E-state index contributed by atoms with van der Waals surface area (Å²) in [5.74, 6) is -0.681. The van der Waals surface area contributed by atoms with Gasteiger partial charge in [-0.3, -0.25) is 9.59 Å². The molecule has 0 aromatic heterocycles. The normalized spacial score (nSPS) is 16.9. The van der Waals surface area contributed by atoms with E-state index >= 15 is 0 Å². The van der Waals surface area contributed by atoms with Crippen LogP contribution in [0.4, 0.5) is 0 Å². The van der Waals surface area contributed by atoms with Crippen LogP contribution in [0.1, 0.15) is 40.5 Å². The Morgan fingerprint density at radius 3 is 2.29 bits per heavy atom. The predicted molar refractivity (Wildman–Crippen MR) is 80.1 cm³/mol. The molecule has 0 atom stereocenters. The third kappa shape index (κ3) is 4.68. The number of hydrogen-bond donors (Lipinski definition) is 2. The molecule has 0 aliphatic carbocycles. The maximum absolute atomic E-state index is 12.0. The summed E-state index contributed by atoms with van der Waals surface area (Å²) in [6, 6.07) is 0. The van der Waals surface area contributed by atoms with Crippen molar-refractivity contribution in [2.45, 2.75) is 46.1 Å². The molecule has 0 unspecified atom stereocenters. The minimum absolute atomic E-state index is 0.149. The summed E-state index contributed by atoms with van der Waals surface area (Å²) in [4.78, 5) is 25.1. The van der Waals surface area contributed by atoms with Crippen molar-refractivity contribution >= 4 is 11.9 Å². The SMILES string of the molecule is CC(C)(NCCCC(=O)N1CCOCC1)C(C)(C)C(=O)O. The Kier molecular flexibility index (Phi) is 6.16. The Balaban J connectivity index is 2.33. The molecule has 0 spiro atoms. The Morgan fingerprint density at radius 2 is 1.76 bits per heavy atom. The number of nitrogens with zero attached hydrogens (tertiary/aromatic N) is 1. The standard InChI is InChI=1S/C15H28N2O4/c1-14(2,13(19)20)15(3,4)16-7-5-6-12(18)17-8-10-21-11-9-17/h16H,5-11H2,1-4H3,(H,19,20). The highest BCUT2D eigenvalue weighted by molar-refractivity contribution is 5.76. The highest BCUT2D eigenvalue weighted by atomic mass is 16.5. The van der Waals surface area contributed by atoms with Gasteiger partial charge in [-0.1, -0.05) is 0 Å². The van der Waals surface area contributed by atoms with E-state index in [9.17, 15) is 14.7 Å². The van der Waals surface area contributed by atoms with E-state index in [-0.39, 0.29) is 5.91 Å². The lowest BCUT2D eigenvalue weighted by molar-refractivity contribution is -0.151. The lowest BCUT2D eigenvalue weighted by Crippen LogP contribution is -2.55. The summed E-state index contributed by atoms with van der Waals surface area (Å²) in [6.45, 7) is 10.4. The van der Waals surface area contributed by atoms with Crippen LogP contribution in [0.5, 0.6) is 0 Å². The van der Waals surface area contributed by atoms with Crippen LogP contribution >= 0.6 is 0 Å². The molecule has 0 aromatic rings. The highest BCUT2D eigenvalue weighted by Gasteiger charge is 2.42. The van der Waals surface area contributed by atoms with Crippen LogP contribution in [0.25, 0.3) is 0 Å². The molecule has 0 saturated carbocycles. The highest BCUT2D eigenvalue weighted by Crippen LogP contribution is 2.30. The monoisotopic (exact) mass is 300 g/mol. The van der Waals surface area contributed by atoms with Crippen molar-refractivity contribution in [1.29, 1.82) is 0 Å². The van der Waals surface area contributed by atoms with E-state index in [1.165, 1.54) is 0 Å². The van der Waals surface area contributed by atoms with Gasteiger partial charge in [0.1, 0.15) is 0 Å². The van der Waals surface area contributed by atoms with Crippen LogP contribution in [0.2, 0.25) is 0 Å². The van der Waals surface area contributed by atoms with E-state index < -0.39 is 16.9 Å². The van der Waals surface area contributed by atoms with Gasteiger partial charge in [0.2, 0.25) is 5.91 Å². The second-order valence-electron chi connectivity index (χ2n) is 6.58. The smallest absolute Gasteiger partial charge is 0.310 e. The fourth-order valence-electron chi connectivity index (χ4n) is 2.10. The molecule has 122 valence electrons. The van der Waals surface area contributed by atoms with Gasteiger partial charge in [0.05, 0.1) is 18.6 Å². The minimum atomic E-state index is -0.874. The third-order valence-electron chi connectivity index (χ3n) is 4.60. The van der Waals surface area contributed by atoms with Crippen molar-refractivity contribution < 1.29 is 19.4 Å². The van der Waals surface area contributed by atoms with E-state index in [2.05, 4.69) is 5.32 Å². The van der Waals surface area contributed by atoms with Crippen LogP contribution in [0, 0.1) is 5.41 Å². The first kappa shape index (κ1) is 17.9. The number of carbonyl (C=O) groups is 2. The molecular weight excluding hydrogens is 272 g/mol. The van der Waals surface area contributed by atoms with E-state index in [1.807, 2.05) is 18.7 Å². The van der Waals surface area contributed by atoms with Crippen LogP contribution < -0.4 is 5.32 Å². The molecule has 21 heavy (non-hydrogen) atoms. The first-order chi connectivity index (χ1) is 9.68. The van der Waals surface area contributed by atoms with Gasteiger partial charge in [0.25, 0.3) is 0 Å². The molecule has 2 N–H and O–H groups in total.